The van der Waals surface area contributed by atoms with Crippen molar-refractivity contribution < 1.29 is 4.79 Å². The Balaban J connectivity index is 1.63. The first-order valence-electron chi connectivity index (χ1n) is 10.3. The second-order valence-electron chi connectivity index (χ2n) is 7.75. The Morgan fingerprint density at radius 1 is 0.867 bits per heavy atom. The molecule has 0 saturated carbocycles. The molecular formula is C24H23N5O. The van der Waals surface area contributed by atoms with Crippen molar-refractivity contribution in [3.05, 3.63) is 66.5 Å². The predicted octanol–water partition coefficient (Wildman–Crippen LogP) is 4.32. The van der Waals surface area contributed by atoms with Crippen molar-refractivity contribution in [1.82, 2.24) is 24.6 Å². The number of aryl methyl sites for hydroxylation is 1. The Labute approximate surface area is 175 Å². The fourth-order valence-corrected chi connectivity index (χ4v) is 4.01. The number of carbonyl (C=O) groups excluding carboxylic acids is 1. The van der Waals surface area contributed by atoms with Gasteiger partial charge in [0.15, 0.2) is 0 Å². The summed E-state index contributed by atoms with van der Waals surface area (Å²) < 4.78 is 1.76. The lowest BCUT2D eigenvalue weighted by Gasteiger charge is -2.26. The molecule has 2 aromatic heterocycles. The van der Waals surface area contributed by atoms with Crippen LogP contribution in [-0.4, -0.2) is 43.6 Å². The van der Waals surface area contributed by atoms with E-state index in [9.17, 15) is 4.79 Å². The number of piperidine rings is 1. The van der Waals surface area contributed by atoms with Gasteiger partial charge in [-0.15, -0.1) is 0 Å². The third-order valence-electron chi connectivity index (χ3n) is 5.58. The van der Waals surface area contributed by atoms with Gasteiger partial charge in [0.2, 0.25) is 0 Å². The Morgan fingerprint density at radius 3 is 2.33 bits per heavy atom. The second kappa shape index (κ2) is 7.71. The van der Waals surface area contributed by atoms with E-state index in [1.807, 2.05) is 66.7 Å². The van der Waals surface area contributed by atoms with Gasteiger partial charge < -0.3 is 4.90 Å². The zero-order valence-electron chi connectivity index (χ0n) is 17.0. The Hall–Kier alpha value is -3.54. The van der Waals surface area contributed by atoms with Gasteiger partial charge in [-0.2, -0.15) is 5.10 Å². The zero-order chi connectivity index (χ0) is 20.5. The molecule has 150 valence electrons. The number of benzene rings is 2. The molecule has 0 aliphatic carbocycles. The van der Waals surface area contributed by atoms with Gasteiger partial charge >= 0.3 is 0 Å². The molecule has 0 unspecified atom stereocenters. The summed E-state index contributed by atoms with van der Waals surface area (Å²) in [7, 11) is 1.88. The molecule has 6 nitrogen and oxygen atoms in total. The molecule has 5 rings (SSSR count). The number of carbonyl (C=O) groups is 1. The van der Waals surface area contributed by atoms with E-state index in [0.29, 0.717) is 5.56 Å². The molecule has 1 saturated heterocycles. The predicted molar refractivity (Wildman–Crippen MR) is 117 cm³/mol. The van der Waals surface area contributed by atoms with Crippen LogP contribution in [0.1, 0.15) is 29.6 Å². The number of hydrogen-bond acceptors (Lipinski definition) is 4. The van der Waals surface area contributed by atoms with Crippen LogP contribution in [0.5, 0.6) is 0 Å². The average molecular weight is 397 g/mol. The van der Waals surface area contributed by atoms with Crippen molar-refractivity contribution in [3.63, 3.8) is 0 Å². The number of fused-ring (bicyclic) bond motifs is 1. The highest BCUT2D eigenvalue weighted by Crippen LogP contribution is 2.31. The van der Waals surface area contributed by atoms with E-state index >= 15 is 0 Å². The molecule has 2 aromatic carbocycles. The van der Waals surface area contributed by atoms with Crippen molar-refractivity contribution in [2.75, 3.05) is 13.1 Å². The standard InChI is InChI=1S/C24H23N5O/c1-28-16-19(15-25-28)23-22(17-8-4-2-5-9-17)26-20-11-10-18(14-21(20)27-23)24(30)29-12-6-3-7-13-29/h2,4-5,8-11,14-16H,3,6-7,12-13H2,1H3. The summed E-state index contributed by atoms with van der Waals surface area (Å²) in [4.78, 5) is 24.8. The number of aromatic nitrogens is 4. The maximum absolute atomic E-state index is 13.0. The average Bonchev–Trinajstić information content (AvgIpc) is 3.24. The molecule has 0 spiro atoms. The van der Waals surface area contributed by atoms with E-state index in [1.54, 1.807) is 10.9 Å². The van der Waals surface area contributed by atoms with Crippen molar-refractivity contribution in [3.8, 4) is 22.5 Å². The highest BCUT2D eigenvalue weighted by Gasteiger charge is 2.20. The molecule has 6 heteroatoms. The van der Waals surface area contributed by atoms with Gasteiger partial charge in [0.1, 0.15) is 5.69 Å². The van der Waals surface area contributed by atoms with E-state index < -0.39 is 0 Å². The van der Waals surface area contributed by atoms with Crippen molar-refractivity contribution >= 4 is 16.9 Å². The van der Waals surface area contributed by atoms with Crippen LogP contribution in [0.4, 0.5) is 0 Å². The molecule has 1 aliphatic rings. The molecule has 30 heavy (non-hydrogen) atoms. The lowest BCUT2D eigenvalue weighted by Crippen LogP contribution is -2.35. The van der Waals surface area contributed by atoms with Crippen LogP contribution in [0.2, 0.25) is 0 Å². The second-order valence-corrected chi connectivity index (χ2v) is 7.75. The summed E-state index contributed by atoms with van der Waals surface area (Å²) in [5.41, 5.74) is 5.64. The number of rotatable bonds is 3. The van der Waals surface area contributed by atoms with Crippen LogP contribution in [-0.2, 0) is 7.05 Å². The smallest absolute Gasteiger partial charge is 0.253 e. The molecule has 0 atom stereocenters. The molecule has 1 aliphatic heterocycles. The summed E-state index contributed by atoms with van der Waals surface area (Å²) >= 11 is 0. The molecule has 1 fully saturated rings. The fraction of sp³-hybridized carbons (Fsp3) is 0.250. The number of nitrogens with zero attached hydrogens (tertiary/aromatic N) is 5. The summed E-state index contributed by atoms with van der Waals surface area (Å²) in [5, 5.41) is 4.30. The lowest BCUT2D eigenvalue weighted by atomic mass is 10.0. The van der Waals surface area contributed by atoms with Gasteiger partial charge in [0.25, 0.3) is 5.91 Å². The van der Waals surface area contributed by atoms with Gasteiger partial charge in [-0.25, -0.2) is 9.97 Å². The first-order valence-corrected chi connectivity index (χ1v) is 10.3. The molecule has 0 N–H and O–H groups in total. The first kappa shape index (κ1) is 18.5. The molecule has 3 heterocycles. The van der Waals surface area contributed by atoms with Crippen LogP contribution in [0.15, 0.2) is 60.9 Å². The quantitative estimate of drug-likeness (QED) is 0.516. The van der Waals surface area contributed by atoms with Crippen LogP contribution in [0, 0.1) is 0 Å². The van der Waals surface area contributed by atoms with Crippen LogP contribution < -0.4 is 0 Å². The van der Waals surface area contributed by atoms with Gasteiger partial charge in [-0.05, 0) is 37.5 Å². The molecule has 4 aromatic rings. The third kappa shape index (κ3) is 3.45. The van der Waals surface area contributed by atoms with E-state index in [1.165, 1.54) is 6.42 Å². The Bertz CT molecular complexity index is 1210. The minimum atomic E-state index is 0.0773. The van der Waals surface area contributed by atoms with E-state index in [4.69, 9.17) is 9.97 Å². The van der Waals surface area contributed by atoms with Crippen LogP contribution in [0.3, 0.4) is 0 Å². The minimum absolute atomic E-state index is 0.0773. The van der Waals surface area contributed by atoms with Gasteiger partial charge in [-0.1, -0.05) is 30.3 Å². The minimum Gasteiger partial charge on any atom is -0.339 e. The monoisotopic (exact) mass is 397 g/mol. The fourth-order valence-electron chi connectivity index (χ4n) is 4.01. The molecule has 0 radical (unpaired) electrons. The topological polar surface area (TPSA) is 63.9 Å². The SMILES string of the molecule is Cn1cc(-c2nc3cc(C(=O)N4CCCCC4)ccc3nc2-c2ccccc2)cn1. The largest absolute Gasteiger partial charge is 0.339 e. The molecule has 0 bridgehead atoms. The van der Waals surface area contributed by atoms with E-state index in [-0.39, 0.29) is 5.91 Å². The third-order valence-corrected chi connectivity index (χ3v) is 5.58. The van der Waals surface area contributed by atoms with Gasteiger partial charge in [-0.3, -0.25) is 9.48 Å². The highest BCUT2D eigenvalue weighted by molar-refractivity contribution is 5.98. The lowest BCUT2D eigenvalue weighted by molar-refractivity contribution is 0.0724. The van der Waals surface area contributed by atoms with Crippen LogP contribution >= 0.6 is 0 Å². The normalized spacial score (nSPS) is 14.2. The highest BCUT2D eigenvalue weighted by atomic mass is 16.2. The summed E-state index contributed by atoms with van der Waals surface area (Å²) in [6.45, 7) is 1.66. The van der Waals surface area contributed by atoms with E-state index in [2.05, 4.69) is 5.10 Å². The first-order chi connectivity index (χ1) is 14.7. The number of amides is 1. The van der Waals surface area contributed by atoms with Gasteiger partial charge in [0.05, 0.1) is 22.9 Å². The zero-order valence-corrected chi connectivity index (χ0v) is 17.0. The number of likely N-dealkylation sites (tertiary alicyclic amines) is 1. The van der Waals surface area contributed by atoms with Crippen molar-refractivity contribution in [1.29, 1.82) is 0 Å². The maximum atomic E-state index is 13.0. The summed E-state index contributed by atoms with van der Waals surface area (Å²) in [5.74, 6) is 0.0773. The van der Waals surface area contributed by atoms with Gasteiger partial charge in [0, 0.05) is 43.0 Å². The summed E-state index contributed by atoms with van der Waals surface area (Å²) in [6, 6.07) is 15.7. The van der Waals surface area contributed by atoms with Crippen molar-refractivity contribution in [2.45, 2.75) is 19.3 Å². The Morgan fingerprint density at radius 2 is 1.60 bits per heavy atom. The molecule has 1 amide bonds. The van der Waals surface area contributed by atoms with Crippen LogP contribution in [0.25, 0.3) is 33.5 Å². The van der Waals surface area contributed by atoms with E-state index in [0.717, 1.165) is 59.5 Å². The molecular weight excluding hydrogens is 374 g/mol. The number of hydrogen-bond donors (Lipinski definition) is 0. The maximum Gasteiger partial charge on any atom is 0.253 e. The van der Waals surface area contributed by atoms with Crippen molar-refractivity contribution in [2.24, 2.45) is 7.05 Å². The Kier molecular flexibility index (Phi) is 4.75. The summed E-state index contributed by atoms with van der Waals surface area (Å²) in [6.07, 6.45) is 7.08.